The Hall–Kier alpha value is -4.00. The topological polar surface area (TPSA) is 81.4 Å². The summed E-state index contributed by atoms with van der Waals surface area (Å²) in [5.74, 6) is 2.76. The third-order valence-electron chi connectivity index (χ3n) is 4.92. The first-order valence-electron chi connectivity index (χ1n) is 9.79. The van der Waals surface area contributed by atoms with Crippen molar-refractivity contribution in [3.63, 3.8) is 0 Å². The van der Waals surface area contributed by atoms with Gasteiger partial charge in [-0.3, -0.25) is 4.98 Å². The zero-order valence-electron chi connectivity index (χ0n) is 17.6. The van der Waals surface area contributed by atoms with E-state index in [1.807, 2.05) is 49.1 Å². The van der Waals surface area contributed by atoms with E-state index in [1.54, 1.807) is 36.9 Å². The minimum Gasteiger partial charge on any atom is -0.466 e. The number of benzene rings is 1. The van der Waals surface area contributed by atoms with Crippen LogP contribution in [0.3, 0.4) is 0 Å². The van der Waals surface area contributed by atoms with Crippen molar-refractivity contribution in [2.45, 2.75) is 20.4 Å². The first-order valence-corrected chi connectivity index (χ1v) is 9.79. The fraction of sp³-hybridized carbons (Fsp3) is 0.167. The number of anilines is 2. The Morgan fingerprint density at radius 1 is 1.00 bits per heavy atom. The number of hydrogen-bond donors (Lipinski definition) is 0. The molecule has 0 aliphatic carbocycles. The average Bonchev–Trinajstić information content (AvgIpc) is 3.16. The highest BCUT2D eigenvalue weighted by Gasteiger charge is 2.16. The molecule has 0 aliphatic heterocycles. The molecule has 0 saturated carbocycles. The van der Waals surface area contributed by atoms with E-state index in [0.717, 1.165) is 34.0 Å². The van der Waals surface area contributed by atoms with E-state index < -0.39 is 0 Å². The summed E-state index contributed by atoms with van der Waals surface area (Å²) >= 11 is 0. The predicted octanol–water partition coefficient (Wildman–Crippen LogP) is 4.87. The van der Waals surface area contributed by atoms with E-state index in [0.29, 0.717) is 17.9 Å². The monoisotopic (exact) mass is 414 g/mol. The largest absolute Gasteiger partial charge is 0.466 e. The van der Waals surface area contributed by atoms with Gasteiger partial charge in [0.05, 0.1) is 25.4 Å². The first-order chi connectivity index (χ1) is 15.0. The molecular weight excluding hydrogens is 392 g/mol. The summed E-state index contributed by atoms with van der Waals surface area (Å²) in [7, 11) is 1.37. The van der Waals surface area contributed by atoms with Crippen LogP contribution in [0, 0.1) is 13.8 Å². The lowest BCUT2D eigenvalue weighted by Crippen LogP contribution is -2.19. The van der Waals surface area contributed by atoms with Gasteiger partial charge in [-0.2, -0.15) is 0 Å². The summed E-state index contributed by atoms with van der Waals surface area (Å²) in [6, 6.07) is 13.3. The molecule has 0 aliphatic rings. The minimum absolute atomic E-state index is 0.363. The van der Waals surface area contributed by atoms with E-state index in [1.165, 1.54) is 7.11 Å². The van der Waals surface area contributed by atoms with Crippen molar-refractivity contribution in [3.8, 4) is 11.1 Å². The summed E-state index contributed by atoms with van der Waals surface area (Å²) < 4.78 is 10.5. The lowest BCUT2D eigenvalue weighted by Gasteiger charge is -2.23. The molecule has 0 unspecified atom stereocenters. The van der Waals surface area contributed by atoms with Crippen molar-refractivity contribution in [1.82, 2.24) is 15.0 Å². The van der Waals surface area contributed by atoms with Crippen molar-refractivity contribution in [1.29, 1.82) is 0 Å². The zero-order valence-corrected chi connectivity index (χ0v) is 17.6. The molecule has 4 rings (SSSR count). The second-order valence-electron chi connectivity index (χ2n) is 7.07. The standard InChI is InChI=1S/C24H22N4O3/c1-16-12-21(17(2)31-16)20-8-9-26-22(13-20)28(23-14-25-10-11-27-23)15-18-4-6-19(7-5-18)24(29)30-3/h4-14H,15H2,1-3H3. The van der Waals surface area contributed by atoms with Crippen LogP contribution in [-0.4, -0.2) is 28.0 Å². The van der Waals surface area contributed by atoms with E-state index in [2.05, 4.69) is 15.0 Å². The van der Waals surface area contributed by atoms with Gasteiger partial charge in [0.1, 0.15) is 17.3 Å². The number of carbonyl (C=O) groups is 1. The van der Waals surface area contributed by atoms with E-state index in [4.69, 9.17) is 9.15 Å². The van der Waals surface area contributed by atoms with Crippen LogP contribution in [0.5, 0.6) is 0 Å². The highest BCUT2D eigenvalue weighted by Crippen LogP contribution is 2.31. The molecule has 3 aromatic heterocycles. The molecule has 1 aromatic carbocycles. The van der Waals surface area contributed by atoms with Gasteiger partial charge < -0.3 is 14.1 Å². The number of esters is 1. The smallest absolute Gasteiger partial charge is 0.337 e. The number of rotatable bonds is 6. The number of ether oxygens (including phenoxy) is 1. The lowest BCUT2D eigenvalue weighted by molar-refractivity contribution is 0.0600. The maximum Gasteiger partial charge on any atom is 0.337 e. The Kier molecular flexibility index (Phi) is 5.75. The van der Waals surface area contributed by atoms with Gasteiger partial charge >= 0.3 is 5.97 Å². The predicted molar refractivity (Wildman–Crippen MR) is 117 cm³/mol. The van der Waals surface area contributed by atoms with Crippen LogP contribution in [0.2, 0.25) is 0 Å². The molecule has 0 saturated heterocycles. The van der Waals surface area contributed by atoms with Gasteiger partial charge in [0.15, 0.2) is 5.82 Å². The van der Waals surface area contributed by atoms with Crippen molar-refractivity contribution < 1.29 is 13.9 Å². The van der Waals surface area contributed by atoms with Gasteiger partial charge in [-0.15, -0.1) is 0 Å². The molecule has 3 heterocycles. The quantitative estimate of drug-likeness (QED) is 0.416. The van der Waals surface area contributed by atoms with Crippen molar-refractivity contribution in [2.24, 2.45) is 0 Å². The number of carbonyl (C=O) groups excluding carboxylic acids is 1. The number of hydrogen-bond acceptors (Lipinski definition) is 7. The van der Waals surface area contributed by atoms with Crippen LogP contribution in [-0.2, 0) is 11.3 Å². The fourth-order valence-electron chi connectivity index (χ4n) is 3.41. The normalized spacial score (nSPS) is 10.7. The number of methoxy groups -OCH3 is 1. The van der Waals surface area contributed by atoms with Crippen LogP contribution in [0.4, 0.5) is 11.6 Å². The highest BCUT2D eigenvalue weighted by atomic mass is 16.5. The van der Waals surface area contributed by atoms with Crippen LogP contribution < -0.4 is 4.90 Å². The highest BCUT2D eigenvalue weighted by molar-refractivity contribution is 5.89. The van der Waals surface area contributed by atoms with Gasteiger partial charge in [0.2, 0.25) is 0 Å². The Bertz CT molecular complexity index is 1190. The maximum atomic E-state index is 11.7. The second-order valence-corrected chi connectivity index (χ2v) is 7.07. The van der Waals surface area contributed by atoms with Crippen molar-refractivity contribution >= 4 is 17.6 Å². The number of aryl methyl sites for hydroxylation is 2. The SMILES string of the molecule is COC(=O)c1ccc(CN(c2cnccn2)c2cc(-c3cc(C)oc3C)ccn2)cc1. The molecule has 0 fully saturated rings. The summed E-state index contributed by atoms with van der Waals surface area (Å²) in [6.45, 7) is 4.38. The number of furan rings is 1. The van der Waals surface area contributed by atoms with Crippen molar-refractivity contribution in [3.05, 3.63) is 89.9 Å². The van der Waals surface area contributed by atoms with E-state index in [-0.39, 0.29) is 5.97 Å². The van der Waals surface area contributed by atoms with Gasteiger partial charge in [-0.05, 0) is 55.3 Å². The molecule has 7 nitrogen and oxygen atoms in total. The average molecular weight is 414 g/mol. The molecule has 156 valence electrons. The van der Waals surface area contributed by atoms with E-state index >= 15 is 0 Å². The van der Waals surface area contributed by atoms with Crippen LogP contribution in [0.15, 0.2) is 71.7 Å². The number of pyridine rings is 1. The number of nitrogens with zero attached hydrogens (tertiary/aromatic N) is 4. The molecule has 0 radical (unpaired) electrons. The third kappa shape index (κ3) is 4.45. The number of aromatic nitrogens is 3. The Labute approximate surface area is 180 Å². The van der Waals surface area contributed by atoms with Crippen molar-refractivity contribution in [2.75, 3.05) is 12.0 Å². The van der Waals surface area contributed by atoms with Crippen LogP contribution >= 0.6 is 0 Å². The van der Waals surface area contributed by atoms with Gasteiger partial charge in [-0.25, -0.2) is 14.8 Å². The van der Waals surface area contributed by atoms with Crippen LogP contribution in [0.25, 0.3) is 11.1 Å². The van der Waals surface area contributed by atoms with Gasteiger partial charge in [0.25, 0.3) is 0 Å². The summed E-state index contributed by atoms with van der Waals surface area (Å²) in [5, 5.41) is 0. The maximum absolute atomic E-state index is 11.7. The van der Waals surface area contributed by atoms with Crippen LogP contribution in [0.1, 0.15) is 27.4 Å². The minimum atomic E-state index is -0.363. The lowest BCUT2D eigenvalue weighted by atomic mass is 10.1. The zero-order chi connectivity index (χ0) is 21.8. The molecule has 31 heavy (non-hydrogen) atoms. The Morgan fingerprint density at radius 3 is 2.42 bits per heavy atom. The summed E-state index contributed by atoms with van der Waals surface area (Å²) in [6.07, 6.45) is 6.75. The fourth-order valence-corrected chi connectivity index (χ4v) is 3.41. The molecule has 0 spiro atoms. The molecule has 4 aromatic rings. The molecule has 0 N–H and O–H groups in total. The summed E-state index contributed by atoms with van der Waals surface area (Å²) in [4.78, 5) is 27.0. The molecule has 0 bridgehead atoms. The second kappa shape index (κ2) is 8.79. The Balaban J connectivity index is 1.70. The summed E-state index contributed by atoms with van der Waals surface area (Å²) in [5.41, 5.74) is 3.53. The molecule has 7 heteroatoms. The molecule has 0 amide bonds. The van der Waals surface area contributed by atoms with Gasteiger partial charge in [0, 0.05) is 24.2 Å². The molecular formula is C24H22N4O3. The van der Waals surface area contributed by atoms with E-state index in [9.17, 15) is 4.79 Å². The Morgan fingerprint density at radius 2 is 1.77 bits per heavy atom. The first kappa shape index (κ1) is 20.3. The van der Waals surface area contributed by atoms with Gasteiger partial charge in [-0.1, -0.05) is 12.1 Å². The molecule has 0 atom stereocenters. The third-order valence-corrected chi connectivity index (χ3v) is 4.92.